The largest absolute Gasteiger partial charge is 0.396 e. The highest BCUT2D eigenvalue weighted by Gasteiger charge is 2.07. The van der Waals surface area contributed by atoms with Crippen LogP contribution < -0.4 is 16.8 Å². The standard InChI is InChI=1S/C10H18N4O2/c1-15-6-7(16-2)5-13-9-4-3-8(11)10(12)14-9/h3-4,7H,5-6,11H2,1-2H3,(H3,12,13,14). The van der Waals surface area contributed by atoms with Gasteiger partial charge in [0.2, 0.25) is 0 Å². The van der Waals surface area contributed by atoms with Crippen molar-refractivity contribution in [2.24, 2.45) is 0 Å². The van der Waals surface area contributed by atoms with Gasteiger partial charge in [0, 0.05) is 20.8 Å². The molecule has 1 aromatic rings. The number of ether oxygens (including phenoxy) is 2. The van der Waals surface area contributed by atoms with E-state index < -0.39 is 0 Å². The van der Waals surface area contributed by atoms with Crippen molar-refractivity contribution in [2.75, 3.05) is 44.2 Å². The minimum atomic E-state index is -0.0226. The molecule has 1 atom stereocenters. The summed E-state index contributed by atoms with van der Waals surface area (Å²) in [6.45, 7) is 1.12. The summed E-state index contributed by atoms with van der Waals surface area (Å²) < 4.78 is 10.2. The van der Waals surface area contributed by atoms with E-state index in [1.165, 1.54) is 0 Å². The van der Waals surface area contributed by atoms with Crippen LogP contribution in [-0.4, -0.2) is 38.5 Å². The SMILES string of the molecule is COCC(CNc1ccc(N)c(N)n1)OC. The Kier molecular flexibility index (Phi) is 4.81. The van der Waals surface area contributed by atoms with Crippen molar-refractivity contribution in [3.8, 4) is 0 Å². The topological polar surface area (TPSA) is 95.4 Å². The molecule has 0 radical (unpaired) electrons. The van der Waals surface area contributed by atoms with Crippen LogP contribution in [-0.2, 0) is 9.47 Å². The summed E-state index contributed by atoms with van der Waals surface area (Å²) >= 11 is 0. The molecule has 1 aromatic heterocycles. The van der Waals surface area contributed by atoms with Gasteiger partial charge >= 0.3 is 0 Å². The molecule has 0 aromatic carbocycles. The normalized spacial score (nSPS) is 12.4. The maximum Gasteiger partial charge on any atom is 0.149 e. The first-order valence-electron chi connectivity index (χ1n) is 4.95. The lowest BCUT2D eigenvalue weighted by molar-refractivity contribution is 0.0365. The minimum Gasteiger partial charge on any atom is -0.396 e. The molecule has 0 aliphatic rings. The average Bonchev–Trinajstić information content (AvgIpc) is 2.28. The van der Waals surface area contributed by atoms with Crippen LogP contribution in [0.1, 0.15) is 0 Å². The molecule has 5 N–H and O–H groups in total. The number of aromatic nitrogens is 1. The first-order chi connectivity index (χ1) is 7.67. The predicted octanol–water partition coefficient (Wildman–Crippen LogP) is 0.319. The van der Waals surface area contributed by atoms with Gasteiger partial charge in [0.15, 0.2) is 0 Å². The van der Waals surface area contributed by atoms with Gasteiger partial charge in [-0.25, -0.2) is 4.98 Å². The number of nitrogens with zero attached hydrogens (tertiary/aromatic N) is 1. The van der Waals surface area contributed by atoms with Crippen LogP contribution in [0.15, 0.2) is 12.1 Å². The van der Waals surface area contributed by atoms with Crippen molar-refractivity contribution in [2.45, 2.75) is 6.10 Å². The van der Waals surface area contributed by atoms with E-state index in [1.807, 2.05) is 0 Å². The van der Waals surface area contributed by atoms with E-state index in [-0.39, 0.29) is 6.10 Å². The number of nitrogens with two attached hydrogens (primary N) is 2. The molecule has 1 unspecified atom stereocenters. The number of pyridine rings is 1. The number of anilines is 3. The lowest BCUT2D eigenvalue weighted by atomic mass is 10.3. The summed E-state index contributed by atoms with van der Waals surface area (Å²) in [5.74, 6) is 0.996. The number of nitrogens with one attached hydrogen (secondary N) is 1. The Balaban J connectivity index is 2.50. The highest BCUT2D eigenvalue weighted by atomic mass is 16.5. The van der Waals surface area contributed by atoms with E-state index in [0.717, 1.165) is 0 Å². The van der Waals surface area contributed by atoms with E-state index in [9.17, 15) is 0 Å². The van der Waals surface area contributed by atoms with Gasteiger partial charge in [0.25, 0.3) is 0 Å². The third kappa shape index (κ3) is 3.56. The average molecular weight is 226 g/mol. The van der Waals surface area contributed by atoms with Gasteiger partial charge < -0.3 is 26.3 Å². The third-order valence-corrected chi connectivity index (χ3v) is 2.15. The summed E-state index contributed by atoms with van der Waals surface area (Å²) in [7, 11) is 3.27. The number of hydrogen-bond donors (Lipinski definition) is 3. The van der Waals surface area contributed by atoms with Gasteiger partial charge in [-0.2, -0.15) is 0 Å². The van der Waals surface area contributed by atoms with Crippen molar-refractivity contribution < 1.29 is 9.47 Å². The van der Waals surface area contributed by atoms with Crippen molar-refractivity contribution in [1.29, 1.82) is 0 Å². The van der Waals surface area contributed by atoms with Crippen molar-refractivity contribution in [1.82, 2.24) is 4.98 Å². The smallest absolute Gasteiger partial charge is 0.149 e. The minimum absolute atomic E-state index is 0.0226. The summed E-state index contributed by atoms with van der Waals surface area (Å²) in [6.07, 6.45) is -0.0226. The van der Waals surface area contributed by atoms with Gasteiger partial charge in [-0.05, 0) is 12.1 Å². The summed E-state index contributed by atoms with van der Waals surface area (Å²) in [4.78, 5) is 4.08. The van der Waals surface area contributed by atoms with Crippen LogP contribution >= 0.6 is 0 Å². The van der Waals surface area contributed by atoms with E-state index in [2.05, 4.69) is 10.3 Å². The number of methoxy groups -OCH3 is 2. The lowest BCUT2D eigenvalue weighted by Gasteiger charge is -2.15. The first kappa shape index (κ1) is 12.5. The Bertz CT molecular complexity index is 333. The Morgan fingerprint density at radius 1 is 1.38 bits per heavy atom. The molecule has 0 spiro atoms. The van der Waals surface area contributed by atoms with E-state index in [0.29, 0.717) is 30.5 Å². The molecule has 0 saturated heterocycles. The molecule has 0 fully saturated rings. The molecule has 0 amide bonds. The molecule has 0 bridgehead atoms. The van der Waals surface area contributed by atoms with Crippen LogP contribution in [0.5, 0.6) is 0 Å². The lowest BCUT2D eigenvalue weighted by Crippen LogP contribution is -2.26. The van der Waals surface area contributed by atoms with E-state index >= 15 is 0 Å². The zero-order chi connectivity index (χ0) is 12.0. The van der Waals surface area contributed by atoms with Crippen molar-refractivity contribution >= 4 is 17.3 Å². The summed E-state index contributed by atoms with van der Waals surface area (Å²) in [5.41, 5.74) is 11.6. The van der Waals surface area contributed by atoms with E-state index in [4.69, 9.17) is 20.9 Å². The second kappa shape index (κ2) is 6.14. The van der Waals surface area contributed by atoms with Crippen LogP contribution in [0.2, 0.25) is 0 Å². The zero-order valence-electron chi connectivity index (χ0n) is 9.56. The fourth-order valence-corrected chi connectivity index (χ4v) is 1.20. The molecule has 6 heteroatoms. The molecule has 6 nitrogen and oxygen atoms in total. The first-order valence-corrected chi connectivity index (χ1v) is 4.95. The highest BCUT2D eigenvalue weighted by molar-refractivity contribution is 5.61. The molecule has 0 saturated carbocycles. The molecule has 90 valence electrons. The number of rotatable bonds is 6. The van der Waals surface area contributed by atoms with Crippen LogP contribution in [0, 0.1) is 0 Å². The molecule has 0 aliphatic heterocycles. The number of hydrogen-bond acceptors (Lipinski definition) is 6. The van der Waals surface area contributed by atoms with Gasteiger partial charge in [0.05, 0.1) is 18.4 Å². The molecular weight excluding hydrogens is 208 g/mol. The van der Waals surface area contributed by atoms with Crippen LogP contribution in [0.3, 0.4) is 0 Å². The van der Waals surface area contributed by atoms with Gasteiger partial charge in [-0.1, -0.05) is 0 Å². The summed E-state index contributed by atoms with van der Waals surface area (Å²) in [5, 5.41) is 3.10. The molecular formula is C10H18N4O2. The van der Waals surface area contributed by atoms with Crippen molar-refractivity contribution in [3.05, 3.63) is 12.1 Å². The predicted molar refractivity (Wildman–Crippen MR) is 64.2 cm³/mol. The highest BCUT2D eigenvalue weighted by Crippen LogP contribution is 2.14. The Hall–Kier alpha value is -1.53. The quantitative estimate of drug-likeness (QED) is 0.646. The maximum absolute atomic E-state index is 5.59. The van der Waals surface area contributed by atoms with Crippen LogP contribution in [0.25, 0.3) is 0 Å². The fraction of sp³-hybridized carbons (Fsp3) is 0.500. The molecule has 1 rings (SSSR count). The Morgan fingerprint density at radius 3 is 2.69 bits per heavy atom. The fourth-order valence-electron chi connectivity index (χ4n) is 1.20. The number of nitrogen functional groups attached to an aromatic ring is 2. The van der Waals surface area contributed by atoms with Gasteiger partial charge in [0.1, 0.15) is 11.6 Å². The van der Waals surface area contributed by atoms with Gasteiger partial charge in [-0.15, -0.1) is 0 Å². The third-order valence-electron chi connectivity index (χ3n) is 2.15. The second-order valence-electron chi connectivity index (χ2n) is 3.36. The maximum atomic E-state index is 5.59. The summed E-state index contributed by atoms with van der Waals surface area (Å²) in [6, 6.07) is 3.48. The van der Waals surface area contributed by atoms with E-state index in [1.54, 1.807) is 26.4 Å². The molecule has 1 heterocycles. The second-order valence-corrected chi connectivity index (χ2v) is 3.36. The van der Waals surface area contributed by atoms with Crippen LogP contribution in [0.4, 0.5) is 17.3 Å². The van der Waals surface area contributed by atoms with Crippen molar-refractivity contribution in [3.63, 3.8) is 0 Å². The molecule has 16 heavy (non-hydrogen) atoms. The Labute approximate surface area is 94.9 Å². The van der Waals surface area contributed by atoms with Gasteiger partial charge in [-0.3, -0.25) is 0 Å². The molecule has 0 aliphatic carbocycles. The monoisotopic (exact) mass is 226 g/mol. The zero-order valence-corrected chi connectivity index (χ0v) is 9.56. The Morgan fingerprint density at radius 2 is 2.12 bits per heavy atom.